The van der Waals surface area contributed by atoms with Gasteiger partial charge in [0.2, 0.25) is 5.69 Å². The fraction of sp³-hybridized carbons (Fsp3) is 0.227. The summed E-state index contributed by atoms with van der Waals surface area (Å²) in [6.45, 7) is 4.75. The monoisotopic (exact) mass is 296 g/mol. The van der Waals surface area contributed by atoms with Gasteiger partial charge in [0.1, 0.15) is 0 Å². The molecular weight excluding hydrogens is 278 g/mol. The van der Waals surface area contributed by atoms with E-state index in [1.807, 2.05) is 0 Å². The van der Waals surface area contributed by atoms with E-state index in [4.69, 9.17) is 0 Å². The SMILES string of the molecule is CC1(C)c2cccc3c2-c2c4c1cccc4cc[n+]2C1C=CC31. The van der Waals surface area contributed by atoms with E-state index in [0.717, 1.165) is 0 Å². The fourth-order valence-corrected chi connectivity index (χ4v) is 5.01. The van der Waals surface area contributed by atoms with Crippen LogP contribution in [0.2, 0.25) is 0 Å². The lowest BCUT2D eigenvalue weighted by Gasteiger charge is -2.40. The number of rotatable bonds is 0. The smallest absolute Gasteiger partial charge is 0.190 e. The zero-order valence-electron chi connectivity index (χ0n) is 13.4. The Morgan fingerprint density at radius 3 is 2.57 bits per heavy atom. The van der Waals surface area contributed by atoms with E-state index in [-0.39, 0.29) is 5.41 Å². The first-order valence-electron chi connectivity index (χ1n) is 8.47. The Morgan fingerprint density at radius 2 is 1.74 bits per heavy atom. The average Bonchev–Trinajstić information content (AvgIpc) is 2.52. The van der Waals surface area contributed by atoms with Crippen molar-refractivity contribution in [3.63, 3.8) is 0 Å². The van der Waals surface area contributed by atoms with Crippen LogP contribution in [0.4, 0.5) is 0 Å². The molecule has 2 heterocycles. The third-order valence-electron chi connectivity index (χ3n) is 6.25. The molecule has 23 heavy (non-hydrogen) atoms. The highest BCUT2D eigenvalue weighted by atomic mass is 15.0. The van der Waals surface area contributed by atoms with E-state index in [1.54, 1.807) is 0 Å². The maximum absolute atomic E-state index is 2.51. The number of nitrogens with zero attached hydrogens (tertiary/aromatic N) is 1. The highest BCUT2D eigenvalue weighted by Gasteiger charge is 2.48. The third kappa shape index (κ3) is 1.18. The molecule has 0 amide bonds. The van der Waals surface area contributed by atoms with Crippen molar-refractivity contribution in [2.24, 2.45) is 0 Å². The highest BCUT2D eigenvalue weighted by Crippen LogP contribution is 2.54. The second-order valence-corrected chi connectivity index (χ2v) is 7.64. The van der Waals surface area contributed by atoms with Gasteiger partial charge in [-0.25, -0.2) is 0 Å². The second-order valence-electron chi connectivity index (χ2n) is 7.64. The van der Waals surface area contributed by atoms with Crippen LogP contribution < -0.4 is 4.57 Å². The molecule has 0 saturated carbocycles. The number of hydrogen-bond acceptors (Lipinski definition) is 0. The molecule has 0 radical (unpaired) electrons. The molecule has 1 nitrogen and oxygen atoms in total. The molecule has 0 bridgehead atoms. The van der Waals surface area contributed by atoms with Crippen LogP contribution in [-0.2, 0) is 5.41 Å². The van der Waals surface area contributed by atoms with Crippen molar-refractivity contribution < 1.29 is 4.57 Å². The predicted molar refractivity (Wildman–Crippen MR) is 92.6 cm³/mol. The minimum atomic E-state index is 0.0529. The largest absolute Gasteiger partial charge is 0.221 e. The average molecular weight is 296 g/mol. The predicted octanol–water partition coefficient (Wildman–Crippen LogP) is 4.64. The van der Waals surface area contributed by atoms with Crippen LogP contribution in [0.1, 0.15) is 42.5 Å². The summed E-state index contributed by atoms with van der Waals surface area (Å²) in [5, 5.41) is 2.82. The summed E-state index contributed by atoms with van der Waals surface area (Å²) in [5.74, 6) is 0.543. The van der Waals surface area contributed by atoms with Gasteiger partial charge in [0.15, 0.2) is 12.2 Å². The third-order valence-corrected chi connectivity index (χ3v) is 6.25. The van der Waals surface area contributed by atoms with Gasteiger partial charge in [0.25, 0.3) is 0 Å². The van der Waals surface area contributed by atoms with E-state index in [2.05, 4.69) is 79.2 Å². The maximum Gasteiger partial charge on any atom is 0.221 e. The molecular formula is C22H18N+. The molecule has 1 aliphatic heterocycles. The second kappa shape index (κ2) is 3.56. The molecule has 3 aromatic rings. The number of hydrogen-bond donors (Lipinski definition) is 0. The first-order chi connectivity index (χ1) is 11.2. The molecule has 1 heteroatoms. The Kier molecular flexibility index (Phi) is 1.87. The van der Waals surface area contributed by atoms with Crippen LogP contribution >= 0.6 is 0 Å². The lowest BCUT2D eigenvalue weighted by Crippen LogP contribution is -2.50. The van der Waals surface area contributed by atoms with Crippen LogP contribution in [0, 0.1) is 0 Å². The standard InChI is InChI=1S/C22H18N/c1-22(2)16-7-3-5-13-11-12-23-18-10-9-14(18)15-6-4-8-17(22)20(15)21(23)19(13)16/h3-12,14,18H,1-2H3/q+1. The number of aromatic nitrogens is 1. The van der Waals surface area contributed by atoms with Gasteiger partial charge in [-0.3, -0.25) is 0 Å². The van der Waals surface area contributed by atoms with E-state index in [1.165, 1.54) is 38.7 Å². The summed E-state index contributed by atoms with van der Waals surface area (Å²) < 4.78 is 2.51. The zero-order valence-corrected chi connectivity index (χ0v) is 13.4. The lowest BCUT2D eigenvalue weighted by atomic mass is 9.65. The van der Waals surface area contributed by atoms with Crippen molar-refractivity contribution in [1.82, 2.24) is 0 Å². The topological polar surface area (TPSA) is 3.88 Å². The molecule has 2 atom stereocenters. The Morgan fingerprint density at radius 1 is 0.913 bits per heavy atom. The Labute approximate surface area is 135 Å². The van der Waals surface area contributed by atoms with Gasteiger partial charge in [-0.1, -0.05) is 56.3 Å². The van der Waals surface area contributed by atoms with Crippen LogP contribution in [0.15, 0.2) is 60.8 Å². The van der Waals surface area contributed by atoms with Gasteiger partial charge < -0.3 is 0 Å². The minimum Gasteiger partial charge on any atom is -0.190 e. The van der Waals surface area contributed by atoms with E-state index >= 15 is 0 Å². The molecule has 110 valence electrons. The van der Waals surface area contributed by atoms with Crippen molar-refractivity contribution in [3.05, 3.63) is 77.5 Å². The van der Waals surface area contributed by atoms with Crippen molar-refractivity contribution in [3.8, 4) is 11.3 Å². The van der Waals surface area contributed by atoms with Gasteiger partial charge in [-0.05, 0) is 28.2 Å². The first kappa shape index (κ1) is 12.1. The molecule has 0 N–H and O–H groups in total. The summed E-state index contributed by atoms with van der Waals surface area (Å²) in [7, 11) is 0. The summed E-state index contributed by atoms with van der Waals surface area (Å²) in [6, 6.07) is 16.5. The summed E-state index contributed by atoms with van der Waals surface area (Å²) >= 11 is 0. The van der Waals surface area contributed by atoms with Crippen molar-refractivity contribution in [1.29, 1.82) is 0 Å². The molecule has 0 saturated heterocycles. The Balaban J connectivity index is 1.94. The Bertz CT molecular complexity index is 1060. The molecule has 1 aromatic heterocycles. The van der Waals surface area contributed by atoms with Crippen molar-refractivity contribution in [2.45, 2.75) is 31.2 Å². The molecule has 0 fully saturated rings. The normalized spacial score (nSPS) is 24.3. The zero-order chi connectivity index (χ0) is 15.3. The van der Waals surface area contributed by atoms with Crippen molar-refractivity contribution in [2.75, 3.05) is 0 Å². The Hall–Kier alpha value is -2.41. The van der Waals surface area contributed by atoms with E-state index in [0.29, 0.717) is 12.0 Å². The van der Waals surface area contributed by atoms with Crippen LogP contribution in [0.5, 0.6) is 0 Å². The molecule has 0 spiro atoms. The first-order valence-corrected chi connectivity index (χ1v) is 8.47. The van der Waals surface area contributed by atoms with Gasteiger partial charge in [-0.15, -0.1) is 0 Å². The molecule has 2 aliphatic carbocycles. The van der Waals surface area contributed by atoms with E-state index in [9.17, 15) is 0 Å². The molecule has 2 unspecified atom stereocenters. The summed E-state index contributed by atoms with van der Waals surface area (Å²) in [5.41, 5.74) is 7.45. The highest BCUT2D eigenvalue weighted by molar-refractivity contribution is 6.01. The van der Waals surface area contributed by atoms with E-state index < -0.39 is 0 Å². The molecule has 6 rings (SSSR count). The summed E-state index contributed by atoms with van der Waals surface area (Å²) in [4.78, 5) is 0. The number of allylic oxidation sites excluding steroid dienone is 2. The quantitative estimate of drug-likeness (QED) is 0.420. The fourth-order valence-electron chi connectivity index (χ4n) is 5.01. The lowest BCUT2D eigenvalue weighted by molar-refractivity contribution is -0.707. The van der Waals surface area contributed by atoms with Gasteiger partial charge >= 0.3 is 0 Å². The van der Waals surface area contributed by atoms with Gasteiger partial charge in [0, 0.05) is 11.5 Å². The van der Waals surface area contributed by atoms with Crippen LogP contribution in [0.3, 0.4) is 0 Å². The van der Waals surface area contributed by atoms with Crippen LogP contribution in [0.25, 0.3) is 22.0 Å². The molecule has 2 aromatic carbocycles. The number of pyridine rings is 1. The van der Waals surface area contributed by atoms with Crippen molar-refractivity contribution >= 4 is 10.8 Å². The van der Waals surface area contributed by atoms with Gasteiger partial charge in [-0.2, -0.15) is 4.57 Å². The van der Waals surface area contributed by atoms with Gasteiger partial charge in [0.05, 0.1) is 16.9 Å². The minimum absolute atomic E-state index is 0.0529. The number of benzene rings is 2. The molecule has 3 aliphatic rings. The maximum atomic E-state index is 2.51. The number of fused-ring (bicyclic) bond motifs is 3. The van der Waals surface area contributed by atoms with Crippen LogP contribution in [-0.4, -0.2) is 0 Å². The summed E-state index contributed by atoms with van der Waals surface area (Å²) in [6.07, 6.45) is 7.01.